The first-order valence-corrected chi connectivity index (χ1v) is 5.66. The van der Waals surface area contributed by atoms with Crippen LogP contribution in [0.15, 0.2) is 18.2 Å². The van der Waals surface area contributed by atoms with Gasteiger partial charge in [-0.3, -0.25) is 5.41 Å². The van der Waals surface area contributed by atoms with Crippen molar-refractivity contribution in [3.05, 3.63) is 23.8 Å². The monoisotopic (exact) mass is 273 g/mol. The minimum absolute atomic E-state index is 0.0256. The van der Waals surface area contributed by atoms with Crippen molar-refractivity contribution in [3.63, 3.8) is 0 Å². The molecule has 0 aliphatic carbocycles. The lowest BCUT2D eigenvalue weighted by atomic mass is 10.1. The zero-order chi connectivity index (χ0) is 14.4. The third kappa shape index (κ3) is 4.06. The number of benzene rings is 1. The first kappa shape index (κ1) is 15.2. The lowest BCUT2D eigenvalue weighted by molar-refractivity contribution is 0.153. The highest BCUT2D eigenvalue weighted by atomic mass is 19.3. The highest BCUT2D eigenvalue weighted by Crippen LogP contribution is 2.26. The molecule has 0 unspecified atom stereocenters. The predicted octanol–water partition coefficient (Wildman–Crippen LogP) is 1.04. The molecule has 19 heavy (non-hydrogen) atoms. The number of ether oxygens (including phenoxy) is 1. The molecule has 1 aromatic rings. The van der Waals surface area contributed by atoms with Gasteiger partial charge in [0.05, 0.1) is 25.9 Å². The van der Waals surface area contributed by atoms with Gasteiger partial charge in [-0.05, 0) is 12.1 Å². The second-order valence-corrected chi connectivity index (χ2v) is 3.86. The zero-order valence-electron chi connectivity index (χ0n) is 10.6. The van der Waals surface area contributed by atoms with Gasteiger partial charge in [0.1, 0.15) is 11.6 Å². The van der Waals surface area contributed by atoms with Crippen LogP contribution in [0.2, 0.25) is 0 Å². The Labute approximate surface area is 110 Å². The normalized spacial score (nSPS) is 10.6. The fourth-order valence-electron chi connectivity index (χ4n) is 1.73. The maximum absolute atomic E-state index is 12.6. The molecule has 0 spiro atoms. The Morgan fingerprint density at radius 1 is 1.53 bits per heavy atom. The number of methoxy groups -OCH3 is 1. The van der Waals surface area contributed by atoms with Crippen molar-refractivity contribution < 1.29 is 18.6 Å². The molecule has 0 saturated carbocycles. The molecule has 1 rings (SSSR count). The standard InChI is InChI=1S/C12H17F2N3O2/c1-19-8-2-3-9(12(15)16)10(6-8)17(4-5-18)7-11(13)14/h2-3,6,11,18H,4-5,7H2,1H3,(H3,15,16). The Morgan fingerprint density at radius 3 is 2.68 bits per heavy atom. The van der Waals surface area contributed by atoms with Crippen LogP contribution >= 0.6 is 0 Å². The second kappa shape index (κ2) is 6.89. The van der Waals surface area contributed by atoms with Gasteiger partial charge in [-0.25, -0.2) is 8.78 Å². The number of alkyl halides is 2. The third-order valence-corrected chi connectivity index (χ3v) is 2.56. The fourth-order valence-corrected chi connectivity index (χ4v) is 1.73. The largest absolute Gasteiger partial charge is 0.497 e. The summed E-state index contributed by atoms with van der Waals surface area (Å²) in [6.45, 7) is -0.799. The number of amidine groups is 1. The van der Waals surface area contributed by atoms with Crippen LogP contribution in [-0.2, 0) is 0 Å². The van der Waals surface area contributed by atoms with E-state index in [0.29, 0.717) is 17.0 Å². The number of hydrogen-bond acceptors (Lipinski definition) is 4. The number of anilines is 1. The van der Waals surface area contributed by atoms with Gasteiger partial charge in [0.25, 0.3) is 6.43 Å². The van der Waals surface area contributed by atoms with Crippen molar-refractivity contribution in [2.75, 3.05) is 31.7 Å². The molecule has 0 bridgehead atoms. The van der Waals surface area contributed by atoms with Crippen molar-refractivity contribution in [2.45, 2.75) is 6.43 Å². The lowest BCUT2D eigenvalue weighted by Crippen LogP contribution is -2.33. The van der Waals surface area contributed by atoms with Crippen LogP contribution in [0.1, 0.15) is 5.56 Å². The van der Waals surface area contributed by atoms with Crippen LogP contribution in [0.3, 0.4) is 0 Å². The highest BCUT2D eigenvalue weighted by Gasteiger charge is 2.17. The van der Waals surface area contributed by atoms with Gasteiger partial charge in [0.15, 0.2) is 0 Å². The molecule has 0 saturated heterocycles. The van der Waals surface area contributed by atoms with Gasteiger partial charge >= 0.3 is 0 Å². The summed E-state index contributed by atoms with van der Waals surface area (Å²) in [6.07, 6.45) is -2.56. The van der Waals surface area contributed by atoms with Gasteiger partial charge in [-0.1, -0.05) is 0 Å². The number of aliphatic hydroxyl groups excluding tert-OH is 1. The van der Waals surface area contributed by atoms with Crippen LogP contribution in [0.4, 0.5) is 14.5 Å². The van der Waals surface area contributed by atoms with Crippen molar-refractivity contribution in [1.82, 2.24) is 0 Å². The van der Waals surface area contributed by atoms with Crippen molar-refractivity contribution in [1.29, 1.82) is 5.41 Å². The van der Waals surface area contributed by atoms with Gasteiger partial charge in [0.2, 0.25) is 0 Å². The van der Waals surface area contributed by atoms with E-state index in [-0.39, 0.29) is 19.0 Å². The Kier molecular flexibility index (Phi) is 5.50. The molecule has 0 aliphatic heterocycles. The minimum atomic E-state index is -2.56. The number of nitrogens with two attached hydrogens (primary N) is 1. The number of aliphatic hydroxyl groups is 1. The summed E-state index contributed by atoms with van der Waals surface area (Å²) in [5.41, 5.74) is 6.11. The van der Waals surface area contributed by atoms with Crippen molar-refractivity contribution in [2.24, 2.45) is 5.73 Å². The van der Waals surface area contributed by atoms with E-state index in [1.54, 1.807) is 6.07 Å². The summed E-state index contributed by atoms with van der Waals surface area (Å²) in [5, 5.41) is 16.4. The third-order valence-electron chi connectivity index (χ3n) is 2.56. The maximum Gasteiger partial charge on any atom is 0.255 e. The van der Waals surface area contributed by atoms with E-state index in [2.05, 4.69) is 0 Å². The van der Waals surface area contributed by atoms with E-state index in [9.17, 15) is 8.78 Å². The number of halogens is 2. The first-order valence-electron chi connectivity index (χ1n) is 5.66. The Morgan fingerprint density at radius 2 is 2.21 bits per heavy atom. The summed E-state index contributed by atoms with van der Waals surface area (Å²) in [6, 6.07) is 4.65. The summed E-state index contributed by atoms with van der Waals surface area (Å²) >= 11 is 0. The van der Waals surface area contributed by atoms with E-state index in [0.717, 1.165) is 0 Å². The smallest absolute Gasteiger partial charge is 0.255 e. The number of nitrogens with zero attached hydrogens (tertiary/aromatic N) is 1. The lowest BCUT2D eigenvalue weighted by Gasteiger charge is -2.26. The molecular formula is C12H17F2N3O2. The summed E-state index contributed by atoms with van der Waals surface area (Å²) in [7, 11) is 1.45. The van der Waals surface area contributed by atoms with Gasteiger partial charge < -0.3 is 20.5 Å². The van der Waals surface area contributed by atoms with Crippen LogP contribution in [0.25, 0.3) is 0 Å². The maximum atomic E-state index is 12.6. The zero-order valence-corrected chi connectivity index (χ0v) is 10.6. The number of hydrogen-bond donors (Lipinski definition) is 3. The molecule has 0 fully saturated rings. The molecule has 0 aromatic heterocycles. The first-order chi connectivity index (χ1) is 8.99. The number of nitrogen functional groups attached to an aromatic ring is 1. The second-order valence-electron chi connectivity index (χ2n) is 3.86. The molecule has 0 radical (unpaired) electrons. The molecule has 0 heterocycles. The molecule has 7 heteroatoms. The highest BCUT2D eigenvalue weighted by molar-refractivity contribution is 6.00. The average molecular weight is 273 g/mol. The topological polar surface area (TPSA) is 82.6 Å². The van der Waals surface area contributed by atoms with Crippen LogP contribution < -0.4 is 15.4 Å². The number of nitrogens with one attached hydrogen (secondary N) is 1. The fraction of sp³-hybridized carbons (Fsp3) is 0.417. The Hall–Kier alpha value is -1.89. The minimum Gasteiger partial charge on any atom is -0.497 e. The quantitative estimate of drug-likeness (QED) is 0.512. The molecule has 1 aromatic carbocycles. The molecular weight excluding hydrogens is 256 g/mol. The summed E-state index contributed by atoms with van der Waals surface area (Å²) in [5.74, 6) is 0.243. The van der Waals surface area contributed by atoms with Crippen molar-refractivity contribution in [3.8, 4) is 5.75 Å². The molecule has 0 amide bonds. The SMILES string of the molecule is COc1ccc(C(=N)N)c(N(CCO)CC(F)F)c1. The molecule has 5 nitrogen and oxygen atoms in total. The summed E-state index contributed by atoms with van der Waals surface area (Å²) < 4.78 is 30.2. The van der Waals surface area contributed by atoms with Gasteiger partial charge in [-0.2, -0.15) is 0 Å². The van der Waals surface area contributed by atoms with Crippen LogP contribution in [-0.4, -0.2) is 44.2 Å². The van der Waals surface area contributed by atoms with Gasteiger partial charge in [-0.15, -0.1) is 0 Å². The van der Waals surface area contributed by atoms with Crippen molar-refractivity contribution >= 4 is 11.5 Å². The van der Waals surface area contributed by atoms with E-state index in [1.165, 1.54) is 24.1 Å². The van der Waals surface area contributed by atoms with E-state index in [4.69, 9.17) is 21.0 Å². The number of rotatable bonds is 7. The predicted molar refractivity (Wildman–Crippen MR) is 69.3 cm³/mol. The molecule has 106 valence electrons. The van der Waals surface area contributed by atoms with E-state index >= 15 is 0 Å². The molecule has 0 aliphatic rings. The Balaban J connectivity index is 3.20. The molecule has 0 atom stereocenters. The van der Waals surface area contributed by atoms with E-state index < -0.39 is 13.0 Å². The molecule has 4 N–H and O–H groups in total. The van der Waals surface area contributed by atoms with Crippen LogP contribution in [0, 0.1) is 5.41 Å². The Bertz CT molecular complexity index is 441. The van der Waals surface area contributed by atoms with Crippen LogP contribution in [0.5, 0.6) is 5.75 Å². The van der Waals surface area contributed by atoms with Gasteiger partial charge in [0, 0.05) is 18.2 Å². The summed E-state index contributed by atoms with van der Waals surface area (Å²) in [4.78, 5) is 1.28. The average Bonchev–Trinajstić information content (AvgIpc) is 2.36. The van der Waals surface area contributed by atoms with E-state index in [1.807, 2.05) is 0 Å².